The Kier molecular flexibility index (Phi) is 17.9. The Morgan fingerprint density at radius 1 is 0.831 bits per heavy atom. The number of phenolic OH excluding ortho intramolecular Hbond substituents is 2. The molecule has 7 aliphatic rings. The van der Waals surface area contributed by atoms with Gasteiger partial charge < -0.3 is 59.2 Å². The Balaban J connectivity index is 1.11. The molecule has 77 heavy (non-hydrogen) atoms. The molecule has 2 amide bonds. The molecule has 3 saturated heterocycles. The van der Waals surface area contributed by atoms with Crippen molar-refractivity contribution in [2.24, 2.45) is 39.6 Å². The van der Waals surface area contributed by atoms with Crippen molar-refractivity contribution < 1.29 is 63.3 Å². The molecule has 5 bridgehead atoms. The van der Waals surface area contributed by atoms with Crippen LogP contribution in [-0.2, 0) is 33.3 Å². The van der Waals surface area contributed by atoms with Crippen LogP contribution in [0.1, 0.15) is 90.6 Å². The molecule has 2 aromatic carbocycles. The molecular weight excluding hydrogens is 991 g/mol. The van der Waals surface area contributed by atoms with Crippen LogP contribution < -0.4 is 20.8 Å². The average Bonchev–Trinajstić information content (AvgIpc) is 4.09. The number of phenols is 2. The predicted octanol–water partition coefficient (Wildman–Crippen LogP) is 3.60. The van der Waals surface area contributed by atoms with Gasteiger partial charge in [0.05, 0.1) is 54.1 Å². The number of ether oxygens (including phenoxy) is 5. The van der Waals surface area contributed by atoms with Gasteiger partial charge in [-0.3, -0.25) is 39.0 Å². The number of hydrogen-bond acceptors (Lipinski definition) is 18. The minimum absolute atomic E-state index is 0.0108. The molecule has 7 heterocycles. The van der Waals surface area contributed by atoms with Crippen molar-refractivity contribution in [2.75, 3.05) is 97.6 Å². The summed E-state index contributed by atoms with van der Waals surface area (Å²) in [6.07, 6.45) is 3.89. The van der Waals surface area contributed by atoms with Crippen molar-refractivity contribution in [2.45, 2.75) is 117 Å². The topological polar surface area (TPSA) is 245 Å². The molecule has 0 radical (unpaired) electrons. The molecule has 9 atom stereocenters. The maximum Gasteiger partial charge on any atom is 0.315 e. The number of esters is 1. The second-order valence-electron chi connectivity index (χ2n) is 22.7. The summed E-state index contributed by atoms with van der Waals surface area (Å²) in [4.78, 5) is 75.7. The van der Waals surface area contributed by atoms with Crippen LogP contribution in [0.25, 0.3) is 10.8 Å². The molecule has 0 aromatic heterocycles. The number of hydrogen-bond donors (Lipinski definition) is 5. The van der Waals surface area contributed by atoms with E-state index in [0.717, 1.165) is 45.9 Å². The number of fused-ring (bicyclic) bond motifs is 13. The minimum Gasteiger partial charge on any atom is -0.507 e. The number of nitrogens with one attached hydrogen (secondary N) is 1. The number of rotatable bonds is 9. The molecule has 3 fully saturated rings. The molecule has 20 nitrogen and oxygen atoms in total. The Hall–Kier alpha value is -5.48. The van der Waals surface area contributed by atoms with Crippen LogP contribution in [0.15, 0.2) is 46.1 Å². The Morgan fingerprint density at radius 3 is 2.13 bits per heavy atom. The highest BCUT2D eigenvalue weighted by molar-refractivity contribution is 6.19. The van der Waals surface area contributed by atoms with Gasteiger partial charge in [0.15, 0.2) is 11.4 Å². The van der Waals surface area contributed by atoms with Gasteiger partial charge in [-0.05, 0) is 25.8 Å². The molecule has 0 saturated carbocycles. The molecule has 7 aliphatic heterocycles. The number of amides is 2. The summed E-state index contributed by atoms with van der Waals surface area (Å²) in [5.41, 5.74) is -0.690. The number of aromatic hydroxyl groups is 2. The van der Waals surface area contributed by atoms with Crippen LogP contribution in [0, 0.1) is 36.5 Å². The van der Waals surface area contributed by atoms with Crippen LogP contribution in [-0.4, -0.2) is 192 Å². The number of aliphatic hydroxyl groups excluding tert-OH is 2. The second kappa shape index (κ2) is 23.9. The van der Waals surface area contributed by atoms with E-state index in [1.807, 2.05) is 0 Å². The van der Waals surface area contributed by atoms with E-state index >= 15 is 0 Å². The summed E-state index contributed by atoms with van der Waals surface area (Å²) >= 11 is 0. The van der Waals surface area contributed by atoms with E-state index in [2.05, 4.69) is 33.9 Å². The lowest BCUT2D eigenvalue weighted by Gasteiger charge is -2.38. The first-order chi connectivity index (χ1) is 36.6. The lowest BCUT2D eigenvalue weighted by Crippen LogP contribution is -2.51. The summed E-state index contributed by atoms with van der Waals surface area (Å²) < 4.78 is 30.2. The van der Waals surface area contributed by atoms with Gasteiger partial charge in [-0.15, -0.1) is 0 Å². The molecule has 422 valence electrons. The molecule has 5 N–H and O–H groups in total. The van der Waals surface area contributed by atoms with Gasteiger partial charge in [0.2, 0.25) is 5.91 Å². The van der Waals surface area contributed by atoms with Gasteiger partial charge in [-0.2, -0.15) is 0 Å². The molecule has 9 rings (SSSR count). The molecular formula is C57H81N7O13. The fourth-order valence-corrected chi connectivity index (χ4v) is 11.8. The van der Waals surface area contributed by atoms with E-state index in [0.29, 0.717) is 58.0 Å². The smallest absolute Gasteiger partial charge is 0.315 e. The maximum atomic E-state index is 15.0. The van der Waals surface area contributed by atoms with Crippen molar-refractivity contribution >= 4 is 40.0 Å². The van der Waals surface area contributed by atoms with E-state index < -0.39 is 95.1 Å². The van der Waals surface area contributed by atoms with E-state index in [-0.39, 0.29) is 55.5 Å². The van der Waals surface area contributed by atoms with Crippen LogP contribution >= 0.6 is 0 Å². The SMILES string of the molecule is CO[C@H]1/C=C/O[C@@]2(C)Oc3c(C)c(O)c4c(O)c(c5c(c4c3C2=O)=NC2(CCN(CC(C)C)CC2)N=5)NC(=O)/C(C)=C\C=C\[C@H](C)[C@H](O)[C@@H](C)[C@@H](O)[C@@H](C)[C@H](OC(=O)CC(=O)N2CCN(CCN3CCOCC3)CC2)[C@@H]1C. The number of benzene rings is 2. The van der Waals surface area contributed by atoms with Gasteiger partial charge in [0.25, 0.3) is 11.7 Å². The quantitative estimate of drug-likeness (QED) is 0.137. The standard InChI is InChI=1S/C57H81N7O13/c1-32(2)31-63-17-15-57(16-18-63)59-45-42-43-50(69)38(8)53-44(42)54(71)56(9,77-53)75-27-14-39(73-10)35(5)52(76-41(66)30-40(65)64-23-21-61(22-24-64)19-20-62-25-28-74-29-26-62)37(7)49(68)36(6)48(67)33(3)12-11-13-34(4)55(72)58-47(51(43)70)46(45)60-57/h11-14,27,32-33,35-37,39,48-49,52,67-70H,15-26,28-31H2,1-10H3,(H,58,72)/b12-11+,27-14+,34-13-/t33-,35+,36+,37+,39-,48-,49+,52+,56-/m0/s1. The van der Waals surface area contributed by atoms with Gasteiger partial charge in [-0.25, -0.2) is 0 Å². The third-order valence-corrected chi connectivity index (χ3v) is 16.7. The average molecular weight is 1070 g/mol. The van der Waals surface area contributed by atoms with Gasteiger partial charge >= 0.3 is 11.8 Å². The summed E-state index contributed by atoms with van der Waals surface area (Å²) in [7, 11) is 1.45. The number of carbonyl (C=O) groups excluding carboxylic acids is 4. The zero-order chi connectivity index (χ0) is 55.7. The van der Waals surface area contributed by atoms with E-state index in [4.69, 9.17) is 33.7 Å². The van der Waals surface area contributed by atoms with Crippen LogP contribution in [0.4, 0.5) is 5.69 Å². The number of morpholine rings is 1. The van der Waals surface area contributed by atoms with Crippen molar-refractivity contribution in [3.8, 4) is 17.2 Å². The zero-order valence-electron chi connectivity index (χ0n) is 46.5. The minimum atomic E-state index is -2.02. The third kappa shape index (κ3) is 12.1. The number of piperazine rings is 1. The molecule has 0 aliphatic carbocycles. The predicted molar refractivity (Wildman–Crippen MR) is 287 cm³/mol. The first-order valence-corrected chi connectivity index (χ1v) is 27.5. The van der Waals surface area contributed by atoms with E-state index in [9.17, 15) is 39.6 Å². The second-order valence-corrected chi connectivity index (χ2v) is 22.7. The van der Waals surface area contributed by atoms with Crippen LogP contribution in [0.2, 0.25) is 0 Å². The number of ketones is 1. The highest BCUT2D eigenvalue weighted by atomic mass is 16.7. The summed E-state index contributed by atoms with van der Waals surface area (Å²) in [6, 6.07) is 0. The lowest BCUT2D eigenvalue weighted by molar-refractivity contribution is -0.165. The Labute approximate surface area is 451 Å². The van der Waals surface area contributed by atoms with E-state index in [1.54, 1.807) is 64.7 Å². The van der Waals surface area contributed by atoms with Gasteiger partial charge in [0.1, 0.15) is 35.1 Å². The highest BCUT2D eigenvalue weighted by Crippen LogP contribution is 2.50. The van der Waals surface area contributed by atoms with Crippen LogP contribution in [0.5, 0.6) is 17.2 Å². The molecule has 1 spiro atoms. The zero-order valence-corrected chi connectivity index (χ0v) is 46.5. The first kappa shape index (κ1) is 57.7. The number of aliphatic hydroxyl groups is 2. The summed E-state index contributed by atoms with van der Waals surface area (Å²) in [6.45, 7) is 25.4. The first-order valence-electron chi connectivity index (χ1n) is 27.5. The number of carbonyl (C=O) groups is 4. The van der Waals surface area contributed by atoms with Crippen molar-refractivity contribution in [3.63, 3.8) is 0 Å². The Bertz CT molecular complexity index is 2780. The number of anilines is 1. The molecule has 2 aromatic rings. The van der Waals surface area contributed by atoms with Crippen molar-refractivity contribution in [1.29, 1.82) is 0 Å². The number of nitrogens with zero attached hydrogens (tertiary/aromatic N) is 6. The number of methoxy groups -OCH3 is 1. The molecule has 0 unspecified atom stereocenters. The van der Waals surface area contributed by atoms with Gasteiger partial charge in [0, 0.05) is 139 Å². The van der Waals surface area contributed by atoms with Crippen LogP contribution in [0.3, 0.4) is 0 Å². The number of piperidine rings is 1. The molecule has 20 heteroatoms. The normalized spacial score (nSPS) is 31.2. The third-order valence-electron chi connectivity index (χ3n) is 16.7. The van der Waals surface area contributed by atoms with Crippen molar-refractivity contribution in [3.05, 3.63) is 58.0 Å². The van der Waals surface area contributed by atoms with E-state index in [1.165, 1.54) is 26.4 Å². The number of Topliss-reactive ketones (excluding diaryl/α,β-unsaturated/α-hetero) is 1. The monoisotopic (exact) mass is 1070 g/mol. The summed E-state index contributed by atoms with van der Waals surface area (Å²) in [5, 5.41) is 51.2. The van der Waals surface area contributed by atoms with Gasteiger partial charge in [-0.1, -0.05) is 59.8 Å². The number of allylic oxidation sites excluding steroid dienone is 2. The fraction of sp³-hybridized carbons (Fsp3) is 0.649. The Morgan fingerprint density at radius 2 is 1.48 bits per heavy atom. The largest absolute Gasteiger partial charge is 0.507 e. The fourth-order valence-electron chi connectivity index (χ4n) is 11.8. The highest BCUT2D eigenvalue weighted by Gasteiger charge is 2.50. The lowest BCUT2D eigenvalue weighted by atomic mass is 9.78. The number of likely N-dealkylation sites (tertiary alicyclic amines) is 1. The van der Waals surface area contributed by atoms with Crippen molar-refractivity contribution in [1.82, 2.24) is 19.6 Å². The maximum absolute atomic E-state index is 15.0. The summed E-state index contributed by atoms with van der Waals surface area (Å²) in [5.74, 6) is -7.69.